The van der Waals surface area contributed by atoms with Crippen molar-refractivity contribution in [2.45, 2.75) is 19.8 Å². The first-order valence-electron chi connectivity index (χ1n) is 10.0. The van der Waals surface area contributed by atoms with Crippen LogP contribution in [-0.2, 0) is 16.0 Å². The molecule has 1 saturated heterocycles. The van der Waals surface area contributed by atoms with Crippen LogP contribution in [0.3, 0.4) is 0 Å². The number of para-hydroxylation sites is 2. The molecule has 0 atom stereocenters. The van der Waals surface area contributed by atoms with E-state index < -0.39 is 0 Å². The van der Waals surface area contributed by atoms with E-state index in [4.69, 9.17) is 4.74 Å². The van der Waals surface area contributed by atoms with E-state index in [1.54, 1.807) is 17.8 Å². The summed E-state index contributed by atoms with van der Waals surface area (Å²) < 4.78 is 7.87. The van der Waals surface area contributed by atoms with Gasteiger partial charge >= 0.3 is 0 Å². The van der Waals surface area contributed by atoms with E-state index in [-0.39, 0.29) is 17.9 Å². The number of aryl methyl sites for hydroxylation is 1. The summed E-state index contributed by atoms with van der Waals surface area (Å²) in [5.41, 5.74) is 2.36. The van der Waals surface area contributed by atoms with E-state index in [0.29, 0.717) is 55.6 Å². The Morgan fingerprint density at radius 2 is 2.06 bits per heavy atom. The minimum absolute atomic E-state index is 0.166. The van der Waals surface area contributed by atoms with Crippen LogP contribution in [0.5, 0.6) is 0 Å². The van der Waals surface area contributed by atoms with Crippen LogP contribution in [-0.4, -0.2) is 52.0 Å². The third-order valence-electron chi connectivity index (χ3n) is 5.10. The third-order valence-corrected chi connectivity index (χ3v) is 5.51. The van der Waals surface area contributed by atoms with Crippen molar-refractivity contribution in [3.05, 3.63) is 62.7 Å². The predicted octanol–water partition coefficient (Wildman–Crippen LogP) is 2.43. The number of carbonyl (C=O) groups excluding carboxylic acids is 1. The number of carbonyl (C=O) groups is 1. The second kappa shape index (κ2) is 9.44. The molecule has 1 fully saturated rings. The number of ether oxygens (including phenoxy) is 1. The van der Waals surface area contributed by atoms with Gasteiger partial charge in [-0.25, -0.2) is 9.67 Å². The van der Waals surface area contributed by atoms with Gasteiger partial charge in [-0.1, -0.05) is 12.1 Å². The number of rotatable bonds is 6. The molecule has 0 radical (unpaired) electrons. The van der Waals surface area contributed by atoms with Gasteiger partial charge in [0, 0.05) is 37.0 Å². The predicted molar refractivity (Wildman–Crippen MR) is 121 cm³/mol. The molecule has 162 valence electrons. The highest BCUT2D eigenvalue weighted by Crippen LogP contribution is 2.21. The minimum atomic E-state index is -0.205. The lowest BCUT2D eigenvalue weighted by Crippen LogP contribution is -2.38. The first-order valence-corrected chi connectivity index (χ1v) is 10.8. The minimum Gasteiger partial charge on any atom is -0.378 e. The second-order valence-electron chi connectivity index (χ2n) is 7.22. The van der Waals surface area contributed by atoms with Gasteiger partial charge in [0.15, 0.2) is 0 Å². The summed E-state index contributed by atoms with van der Waals surface area (Å²) in [6, 6.07) is 7.42. The maximum absolute atomic E-state index is 12.6. The van der Waals surface area contributed by atoms with Gasteiger partial charge < -0.3 is 15.0 Å². The lowest BCUT2D eigenvalue weighted by atomic mass is 10.1. The summed E-state index contributed by atoms with van der Waals surface area (Å²) in [4.78, 5) is 34.6. The zero-order chi connectivity index (χ0) is 21.8. The lowest BCUT2D eigenvalue weighted by Gasteiger charge is -2.27. The Morgan fingerprint density at radius 1 is 1.29 bits per heavy atom. The highest BCUT2D eigenvalue weighted by atomic mass is 79.9. The van der Waals surface area contributed by atoms with Crippen LogP contribution in [0.25, 0.3) is 5.69 Å². The summed E-state index contributed by atoms with van der Waals surface area (Å²) in [5.74, 6) is 0.369. The molecule has 1 aliphatic heterocycles. The highest BCUT2D eigenvalue weighted by Gasteiger charge is 2.17. The van der Waals surface area contributed by atoms with E-state index in [9.17, 15) is 9.59 Å². The standard InChI is InChI=1S/C21H23BrN6O3/c1-14-16(20(30)26-21(24-14)27-8-10-31-11-9-27)6-7-19(29)25-17-4-2-3-5-18(17)28-13-15(22)12-23-28/h2-5,12-13H,6-11H2,1H3,(H,25,29)(H,24,26,30). The number of nitrogens with one attached hydrogen (secondary N) is 2. The SMILES string of the molecule is Cc1nc(N2CCOCC2)[nH]c(=O)c1CCC(=O)Nc1ccccc1-n1cc(Br)cn1. The van der Waals surface area contributed by atoms with Gasteiger partial charge in [0.2, 0.25) is 11.9 Å². The van der Waals surface area contributed by atoms with Crippen molar-refractivity contribution in [3.63, 3.8) is 0 Å². The Bertz CT molecular complexity index is 1140. The molecule has 0 aliphatic carbocycles. The van der Waals surface area contributed by atoms with Gasteiger partial charge in [0.25, 0.3) is 5.56 Å². The van der Waals surface area contributed by atoms with E-state index in [1.165, 1.54) is 0 Å². The van der Waals surface area contributed by atoms with Gasteiger partial charge in [0.1, 0.15) is 0 Å². The number of hydrogen-bond donors (Lipinski definition) is 2. The van der Waals surface area contributed by atoms with Crippen LogP contribution >= 0.6 is 15.9 Å². The quantitative estimate of drug-likeness (QED) is 0.554. The van der Waals surface area contributed by atoms with Crippen molar-refractivity contribution in [2.75, 3.05) is 36.5 Å². The number of H-pyrrole nitrogens is 1. The van der Waals surface area contributed by atoms with E-state index >= 15 is 0 Å². The number of anilines is 2. The van der Waals surface area contributed by atoms with Gasteiger partial charge in [-0.2, -0.15) is 5.10 Å². The van der Waals surface area contributed by atoms with Crippen LogP contribution in [0.4, 0.5) is 11.6 Å². The van der Waals surface area contributed by atoms with Gasteiger partial charge in [-0.3, -0.25) is 14.6 Å². The first-order chi connectivity index (χ1) is 15.0. The molecule has 10 heteroatoms. The second-order valence-corrected chi connectivity index (χ2v) is 8.14. The maximum atomic E-state index is 12.6. The normalized spacial score (nSPS) is 13.9. The Morgan fingerprint density at radius 3 is 2.77 bits per heavy atom. The van der Waals surface area contributed by atoms with E-state index in [0.717, 1.165) is 10.2 Å². The molecule has 0 spiro atoms. The van der Waals surface area contributed by atoms with Gasteiger partial charge in [-0.15, -0.1) is 0 Å². The van der Waals surface area contributed by atoms with Gasteiger partial charge in [0.05, 0.1) is 35.3 Å². The number of aromatic nitrogens is 4. The molecule has 0 bridgehead atoms. The summed E-state index contributed by atoms with van der Waals surface area (Å²) in [6.45, 7) is 4.41. The zero-order valence-electron chi connectivity index (χ0n) is 17.1. The largest absolute Gasteiger partial charge is 0.378 e. The van der Waals surface area contributed by atoms with E-state index in [1.807, 2.05) is 35.4 Å². The number of amides is 1. The van der Waals surface area contributed by atoms with Crippen molar-refractivity contribution >= 4 is 33.5 Å². The number of aromatic amines is 1. The van der Waals surface area contributed by atoms with Gasteiger partial charge in [-0.05, 0) is 41.4 Å². The molecule has 0 saturated carbocycles. The molecular weight excluding hydrogens is 464 g/mol. The van der Waals surface area contributed by atoms with Crippen LogP contribution < -0.4 is 15.8 Å². The molecule has 3 aromatic rings. The fourth-order valence-electron chi connectivity index (χ4n) is 3.48. The van der Waals surface area contributed by atoms with Crippen molar-refractivity contribution in [1.29, 1.82) is 0 Å². The lowest BCUT2D eigenvalue weighted by molar-refractivity contribution is -0.116. The molecule has 9 nitrogen and oxygen atoms in total. The molecular formula is C21H23BrN6O3. The average molecular weight is 487 g/mol. The van der Waals surface area contributed by atoms with Crippen molar-refractivity contribution in [1.82, 2.24) is 19.7 Å². The Labute approximate surface area is 187 Å². The molecule has 31 heavy (non-hydrogen) atoms. The van der Waals surface area contributed by atoms with Crippen molar-refractivity contribution in [3.8, 4) is 5.69 Å². The molecule has 4 rings (SSSR count). The molecule has 1 aliphatic rings. The smallest absolute Gasteiger partial charge is 0.255 e. The molecule has 2 aromatic heterocycles. The molecule has 1 amide bonds. The summed E-state index contributed by atoms with van der Waals surface area (Å²) in [7, 11) is 0. The number of morpholine rings is 1. The zero-order valence-corrected chi connectivity index (χ0v) is 18.7. The number of halogens is 1. The average Bonchev–Trinajstić information content (AvgIpc) is 3.20. The monoisotopic (exact) mass is 486 g/mol. The number of benzene rings is 1. The van der Waals surface area contributed by atoms with Crippen LogP contribution in [0.15, 0.2) is 45.9 Å². The molecule has 0 unspecified atom stereocenters. The fraction of sp³-hybridized carbons (Fsp3) is 0.333. The topological polar surface area (TPSA) is 105 Å². The number of nitrogens with zero attached hydrogens (tertiary/aromatic N) is 4. The summed E-state index contributed by atoms with van der Waals surface area (Å²) >= 11 is 3.38. The highest BCUT2D eigenvalue weighted by molar-refractivity contribution is 9.10. The third kappa shape index (κ3) is 5.02. The molecule has 2 N–H and O–H groups in total. The van der Waals surface area contributed by atoms with Crippen LogP contribution in [0.1, 0.15) is 17.7 Å². The van der Waals surface area contributed by atoms with Crippen molar-refractivity contribution in [2.24, 2.45) is 0 Å². The maximum Gasteiger partial charge on any atom is 0.255 e. The number of hydrogen-bond acceptors (Lipinski definition) is 6. The van der Waals surface area contributed by atoms with E-state index in [2.05, 4.69) is 36.3 Å². The molecule has 3 heterocycles. The fourth-order valence-corrected chi connectivity index (χ4v) is 3.76. The molecule has 1 aromatic carbocycles. The Kier molecular flexibility index (Phi) is 6.47. The van der Waals surface area contributed by atoms with Crippen LogP contribution in [0.2, 0.25) is 0 Å². The summed E-state index contributed by atoms with van der Waals surface area (Å²) in [6.07, 6.45) is 3.97. The van der Waals surface area contributed by atoms with Crippen molar-refractivity contribution < 1.29 is 9.53 Å². The summed E-state index contributed by atoms with van der Waals surface area (Å²) in [5, 5.41) is 7.19. The first kappa shape index (κ1) is 21.3. The van der Waals surface area contributed by atoms with Crippen LogP contribution in [0, 0.1) is 6.92 Å². The Hall–Kier alpha value is -2.98. The Balaban J connectivity index is 1.43.